The summed E-state index contributed by atoms with van der Waals surface area (Å²) in [5.74, 6) is 0.983. The molecule has 2 aromatic rings. The van der Waals surface area contributed by atoms with E-state index in [0.29, 0.717) is 22.7 Å². The number of nitrogens with one attached hydrogen (secondary N) is 1. The van der Waals surface area contributed by atoms with Gasteiger partial charge in [-0.2, -0.15) is 13.2 Å². The van der Waals surface area contributed by atoms with Crippen molar-refractivity contribution in [2.45, 2.75) is 12.7 Å². The number of hydrogen-bond donors (Lipinski definition) is 2. The molecule has 0 atom stereocenters. The molecule has 7 nitrogen and oxygen atoms in total. The van der Waals surface area contributed by atoms with Crippen molar-refractivity contribution in [3.8, 4) is 17.4 Å². The number of nitrogens with zero attached hydrogens (tertiary/aromatic N) is 2. The second kappa shape index (κ2) is 10.8. The fraction of sp³-hybridized carbons (Fsp3) is 0.294. The topological polar surface area (TPSA) is 91.0 Å². The van der Waals surface area contributed by atoms with Crippen LogP contribution >= 0.6 is 24.0 Å². The quantitative estimate of drug-likeness (QED) is 0.335. The monoisotopic (exact) mass is 512 g/mol. The number of nitrogens with two attached hydrogens (primary N) is 1. The van der Waals surface area contributed by atoms with E-state index in [9.17, 15) is 13.2 Å². The molecule has 0 fully saturated rings. The minimum atomic E-state index is -4.45. The number of anilines is 1. The maximum Gasteiger partial charge on any atom is 0.422 e. The highest BCUT2D eigenvalue weighted by Crippen LogP contribution is 2.29. The Morgan fingerprint density at radius 1 is 1.18 bits per heavy atom. The number of methoxy groups -OCH3 is 2. The summed E-state index contributed by atoms with van der Waals surface area (Å²) >= 11 is 0. The molecule has 0 amide bonds. The molecule has 0 aliphatic carbocycles. The van der Waals surface area contributed by atoms with Gasteiger partial charge in [-0.05, 0) is 18.2 Å². The lowest BCUT2D eigenvalue weighted by Crippen LogP contribution is -2.23. The number of alkyl halides is 3. The van der Waals surface area contributed by atoms with Crippen LogP contribution in [0.3, 0.4) is 0 Å². The molecule has 1 aromatic carbocycles. The van der Waals surface area contributed by atoms with Crippen LogP contribution in [0.4, 0.5) is 18.9 Å². The number of aliphatic imine (C=N–C) groups is 1. The molecule has 0 spiro atoms. The normalized spacial score (nSPS) is 11.4. The molecule has 0 unspecified atom stereocenters. The SMILES string of the molecule is COc1ccc(NC(N)=NCc2cccnc2OCC(F)(F)F)cc1OC.I. The molecule has 2 rings (SSSR count). The van der Waals surface area contributed by atoms with E-state index in [0.717, 1.165) is 0 Å². The van der Waals surface area contributed by atoms with Crippen LogP contribution in [0.5, 0.6) is 17.4 Å². The molecule has 0 aliphatic heterocycles. The molecule has 28 heavy (non-hydrogen) atoms. The molecule has 1 aromatic heterocycles. The highest BCUT2D eigenvalue weighted by Gasteiger charge is 2.29. The van der Waals surface area contributed by atoms with Gasteiger partial charge in [-0.15, -0.1) is 24.0 Å². The van der Waals surface area contributed by atoms with Crippen molar-refractivity contribution in [2.24, 2.45) is 10.7 Å². The highest BCUT2D eigenvalue weighted by atomic mass is 127. The van der Waals surface area contributed by atoms with Gasteiger partial charge < -0.3 is 25.3 Å². The van der Waals surface area contributed by atoms with Crippen molar-refractivity contribution >= 4 is 35.6 Å². The zero-order chi connectivity index (χ0) is 19.9. The summed E-state index contributed by atoms with van der Waals surface area (Å²) in [6.07, 6.45) is -3.11. The van der Waals surface area contributed by atoms with Crippen LogP contribution in [0.2, 0.25) is 0 Å². The van der Waals surface area contributed by atoms with Crippen LogP contribution in [0.1, 0.15) is 5.56 Å². The van der Waals surface area contributed by atoms with Gasteiger partial charge in [0.25, 0.3) is 0 Å². The van der Waals surface area contributed by atoms with Gasteiger partial charge in [0, 0.05) is 23.5 Å². The molecule has 154 valence electrons. The lowest BCUT2D eigenvalue weighted by atomic mass is 10.2. The maximum atomic E-state index is 12.3. The summed E-state index contributed by atoms with van der Waals surface area (Å²) in [5, 5.41) is 2.86. The molecule has 3 N–H and O–H groups in total. The second-order valence-electron chi connectivity index (χ2n) is 5.27. The number of rotatable bonds is 7. The first-order valence-electron chi connectivity index (χ1n) is 7.75. The van der Waals surface area contributed by atoms with E-state index in [1.807, 2.05) is 0 Å². The number of benzene rings is 1. The standard InChI is InChI=1S/C17H19F3N4O3.HI/c1-25-13-6-5-12(8-14(13)26-2)24-16(21)23-9-11-4-3-7-22-15(11)27-10-17(18,19)20;/h3-8H,9-10H2,1-2H3,(H3,21,23,24);1H. The second-order valence-corrected chi connectivity index (χ2v) is 5.27. The first-order valence-corrected chi connectivity index (χ1v) is 7.75. The predicted octanol–water partition coefficient (Wildman–Crippen LogP) is 3.58. The van der Waals surface area contributed by atoms with E-state index >= 15 is 0 Å². The number of guanidine groups is 1. The minimum Gasteiger partial charge on any atom is -0.493 e. The van der Waals surface area contributed by atoms with E-state index in [-0.39, 0.29) is 42.4 Å². The Labute approximate surface area is 177 Å². The van der Waals surface area contributed by atoms with Gasteiger partial charge in [0.2, 0.25) is 5.88 Å². The molecule has 0 aliphatic rings. The first kappa shape index (κ1) is 23.6. The lowest BCUT2D eigenvalue weighted by Gasteiger charge is -2.12. The Bertz CT molecular complexity index is 803. The Morgan fingerprint density at radius 2 is 1.89 bits per heavy atom. The molecule has 0 bridgehead atoms. The van der Waals surface area contributed by atoms with Crippen LogP contribution in [0, 0.1) is 0 Å². The van der Waals surface area contributed by atoms with Crippen molar-refractivity contribution in [2.75, 3.05) is 26.1 Å². The van der Waals surface area contributed by atoms with Gasteiger partial charge in [-0.1, -0.05) is 6.07 Å². The highest BCUT2D eigenvalue weighted by molar-refractivity contribution is 14.0. The lowest BCUT2D eigenvalue weighted by molar-refractivity contribution is -0.154. The smallest absolute Gasteiger partial charge is 0.422 e. The summed E-state index contributed by atoms with van der Waals surface area (Å²) < 4.78 is 52.0. The minimum absolute atomic E-state index is 0. The van der Waals surface area contributed by atoms with Crippen molar-refractivity contribution in [3.05, 3.63) is 42.1 Å². The van der Waals surface area contributed by atoms with E-state index in [2.05, 4.69) is 15.3 Å². The van der Waals surface area contributed by atoms with Gasteiger partial charge in [-0.25, -0.2) is 9.98 Å². The molecular weight excluding hydrogens is 492 g/mol. The van der Waals surface area contributed by atoms with E-state index in [1.54, 1.807) is 30.3 Å². The van der Waals surface area contributed by atoms with E-state index in [4.69, 9.17) is 19.9 Å². The van der Waals surface area contributed by atoms with Crippen molar-refractivity contribution in [3.63, 3.8) is 0 Å². The third-order valence-corrected chi connectivity index (χ3v) is 3.30. The summed E-state index contributed by atoms with van der Waals surface area (Å²) in [6, 6.07) is 8.21. The van der Waals surface area contributed by atoms with Gasteiger partial charge in [0.15, 0.2) is 24.1 Å². The molecular formula is C17H20F3IN4O3. The predicted molar refractivity (Wildman–Crippen MR) is 110 cm³/mol. The van der Waals surface area contributed by atoms with Crippen LogP contribution in [0.15, 0.2) is 41.5 Å². The Hall–Kier alpha value is -2.44. The summed E-state index contributed by atoms with van der Waals surface area (Å²) in [5.41, 5.74) is 6.81. The van der Waals surface area contributed by atoms with E-state index in [1.165, 1.54) is 20.4 Å². The molecule has 0 saturated heterocycles. The summed E-state index contributed by atoms with van der Waals surface area (Å²) in [6.45, 7) is -1.44. The fourth-order valence-corrected chi connectivity index (χ4v) is 2.10. The van der Waals surface area contributed by atoms with Crippen LogP contribution < -0.4 is 25.3 Å². The number of ether oxygens (including phenoxy) is 3. The van der Waals surface area contributed by atoms with Crippen LogP contribution in [0.25, 0.3) is 0 Å². The van der Waals surface area contributed by atoms with Gasteiger partial charge in [0.05, 0.1) is 20.8 Å². The molecule has 11 heteroatoms. The largest absolute Gasteiger partial charge is 0.493 e. The van der Waals surface area contributed by atoms with E-state index < -0.39 is 12.8 Å². The Balaban J connectivity index is 0.00000392. The van der Waals surface area contributed by atoms with Crippen LogP contribution in [-0.4, -0.2) is 37.9 Å². The van der Waals surface area contributed by atoms with Crippen molar-refractivity contribution in [1.29, 1.82) is 0 Å². The summed E-state index contributed by atoms with van der Waals surface area (Å²) in [4.78, 5) is 7.91. The third kappa shape index (κ3) is 7.29. The van der Waals surface area contributed by atoms with Gasteiger partial charge in [-0.3, -0.25) is 0 Å². The summed E-state index contributed by atoms with van der Waals surface area (Å²) in [7, 11) is 3.02. The zero-order valence-electron chi connectivity index (χ0n) is 15.1. The average Bonchev–Trinajstić information content (AvgIpc) is 2.64. The molecule has 0 saturated carbocycles. The van der Waals surface area contributed by atoms with Crippen molar-refractivity contribution in [1.82, 2.24) is 4.98 Å². The number of pyridine rings is 1. The number of hydrogen-bond acceptors (Lipinski definition) is 5. The Kier molecular flexibility index (Phi) is 9.09. The first-order chi connectivity index (χ1) is 12.8. The third-order valence-electron chi connectivity index (χ3n) is 3.30. The van der Waals surface area contributed by atoms with Gasteiger partial charge >= 0.3 is 6.18 Å². The fourth-order valence-electron chi connectivity index (χ4n) is 2.10. The molecule has 1 heterocycles. The average molecular weight is 512 g/mol. The Morgan fingerprint density at radius 3 is 2.54 bits per heavy atom. The zero-order valence-corrected chi connectivity index (χ0v) is 17.4. The molecule has 0 radical (unpaired) electrons. The van der Waals surface area contributed by atoms with Gasteiger partial charge in [0.1, 0.15) is 0 Å². The van der Waals surface area contributed by atoms with Crippen molar-refractivity contribution < 1.29 is 27.4 Å². The number of aromatic nitrogens is 1. The van der Waals surface area contributed by atoms with Crippen LogP contribution in [-0.2, 0) is 6.54 Å². The maximum absolute atomic E-state index is 12.3. The number of halogens is 4.